The van der Waals surface area contributed by atoms with Crippen molar-refractivity contribution in [1.29, 1.82) is 0 Å². The first kappa shape index (κ1) is 9.52. The summed E-state index contributed by atoms with van der Waals surface area (Å²) in [6, 6.07) is 7.38. The van der Waals surface area contributed by atoms with E-state index in [1.54, 1.807) is 6.08 Å². The second-order valence-corrected chi connectivity index (χ2v) is 2.44. The summed E-state index contributed by atoms with van der Waals surface area (Å²) >= 11 is 4.50. The number of hydrogen-bond acceptors (Lipinski definition) is 3. The number of allylic oxidation sites excluding steroid dienone is 1. The van der Waals surface area contributed by atoms with E-state index in [0.29, 0.717) is 0 Å². The maximum Gasteiger partial charge on any atom is 0.142 e. The van der Waals surface area contributed by atoms with Crippen LogP contribution in [0.5, 0.6) is 0 Å². The number of carbonyl (C=O) groups is 1. The molecule has 0 heterocycles. The van der Waals surface area contributed by atoms with Crippen LogP contribution in [0.25, 0.3) is 6.08 Å². The van der Waals surface area contributed by atoms with Crippen LogP contribution in [-0.2, 0) is 4.79 Å². The third-order valence-corrected chi connectivity index (χ3v) is 1.55. The standard InChI is InChI=1S/C10H7NOS/c12-7-3-5-9-4-1-2-6-10(9)11-8-13/h1-7H. The molecule has 0 saturated carbocycles. The fourth-order valence-electron chi connectivity index (χ4n) is 0.922. The van der Waals surface area contributed by atoms with Crippen molar-refractivity contribution < 1.29 is 4.79 Å². The van der Waals surface area contributed by atoms with Gasteiger partial charge in [0.05, 0.1) is 10.8 Å². The minimum atomic E-state index is 0.718. The Labute approximate surface area is 81.6 Å². The number of thiocarbonyl (C=S) groups is 1. The molecule has 0 aliphatic carbocycles. The number of benzene rings is 1. The monoisotopic (exact) mass is 189 g/mol. The van der Waals surface area contributed by atoms with Crippen LogP contribution in [-0.4, -0.2) is 11.4 Å². The van der Waals surface area contributed by atoms with E-state index in [1.165, 1.54) is 6.08 Å². The van der Waals surface area contributed by atoms with Gasteiger partial charge in [0.15, 0.2) is 0 Å². The molecule has 0 saturated heterocycles. The molecule has 0 atom stereocenters. The van der Waals surface area contributed by atoms with Crippen LogP contribution in [0.2, 0.25) is 0 Å². The minimum absolute atomic E-state index is 0.718. The molecule has 0 amide bonds. The van der Waals surface area contributed by atoms with Gasteiger partial charge < -0.3 is 0 Å². The number of aldehydes is 1. The number of rotatable bonds is 3. The predicted molar refractivity (Wildman–Crippen MR) is 56.2 cm³/mol. The Morgan fingerprint density at radius 1 is 1.38 bits per heavy atom. The van der Waals surface area contributed by atoms with Crippen molar-refractivity contribution in [1.82, 2.24) is 0 Å². The first-order chi connectivity index (χ1) is 6.38. The summed E-state index contributed by atoms with van der Waals surface area (Å²) in [6.45, 7) is 0. The number of carbonyl (C=O) groups excluding carboxylic acids is 1. The highest BCUT2D eigenvalue weighted by Crippen LogP contribution is 2.18. The summed E-state index contributed by atoms with van der Waals surface area (Å²) in [5.41, 5.74) is 1.57. The zero-order valence-electron chi connectivity index (χ0n) is 6.81. The molecule has 0 aliphatic heterocycles. The third-order valence-electron chi connectivity index (χ3n) is 1.46. The van der Waals surface area contributed by atoms with Crippen molar-refractivity contribution in [3.8, 4) is 0 Å². The first-order valence-electron chi connectivity index (χ1n) is 3.67. The predicted octanol–water partition coefficient (Wildman–Crippen LogP) is 2.63. The molecule has 3 heteroatoms. The lowest BCUT2D eigenvalue weighted by Crippen LogP contribution is -1.73. The van der Waals surface area contributed by atoms with E-state index < -0.39 is 0 Å². The second-order valence-electron chi connectivity index (χ2n) is 2.26. The molecule has 0 bridgehead atoms. The highest BCUT2D eigenvalue weighted by atomic mass is 32.1. The van der Waals surface area contributed by atoms with Gasteiger partial charge in [0.1, 0.15) is 6.29 Å². The summed E-state index contributed by atoms with van der Waals surface area (Å²) in [5, 5.41) is 2.29. The van der Waals surface area contributed by atoms with Gasteiger partial charge in [0.2, 0.25) is 0 Å². The van der Waals surface area contributed by atoms with Crippen LogP contribution in [0.3, 0.4) is 0 Å². The molecular formula is C10H7NOS. The van der Waals surface area contributed by atoms with Crippen LogP contribution < -0.4 is 0 Å². The Hall–Kier alpha value is -1.57. The van der Waals surface area contributed by atoms with Crippen molar-refractivity contribution in [2.24, 2.45) is 4.99 Å². The lowest BCUT2D eigenvalue weighted by molar-refractivity contribution is -0.104. The van der Waals surface area contributed by atoms with Gasteiger partial charge in [-0.25, -0.2) is 0 Å². The average molecular weight is 189 g/mol. The lowest BCUT2D eigenvalue weighted by Gasteiger charge is -1.95. The Balaban J connectivity index is 3.10. The quantitative estimate of drug-likeness (QED) is 0.316. The van der Waals surface area contributed by atoms with E-state index in [0.717, 1.165) is 17.5 Å². The topological polar surface area (TPSA) is 29.4 Å². The van der Waals surface area contributed by atoms with Gasteiger partial charge in [-0.15, -0.1) is 0 Å². The zero-order chi connectivity index (χ0) is 9.52. The molecule has 0 spiro atoms. The van der Waals surface area contributed by atoms with E-state index in [1.807, 2.05) is 24.3 Å². The summed E-state index contributed by atoms with van der Waals surface area (Å²) in [6.07, 6.45) is 3.81. The summed E-state index contributed by atoms with van der Waals surface area (Å²) < 4.78 is 0. The molecule has 2 nitrogen and oxygen atoms in total. The van der Waals surface area contributed by atoms with Crippen LogP contribution in [0.15, 0.2) is 35.3 Å². The van der Waals surface area contributed by atoms with Gasteiger partial charge in [-0.3, -0.25) is 4.79 Å². The molecule has 64 valence electrons. The van der Waals surface area contributed by atoms with Gasteiger partial charge in [-0.1, -0.05) is 18.2 Å². The van der Waals surface area contributed by atoms with Gasteiger partial charge in [0, 0.05) is 5.56 Å². The van der Waals surface area contributed by atoms with E-state index in [-0.39, 0.29) is 0 Å². The second kappa shape index (κ2) is 5.14. The molecule has 0 fully saturated rings. The molecule has 0 aromatic heterocycles. The van der Waals surface area contributed by atoms with Gasteiger partial charge in [0.25, 0.3) is 0 Å². The maximum atomic E-state index is 10.1. The van der Waals surface area contributed by atoms with E-state index >= 15 is 0 Å². The van der Waals surface area contributed by atoms with Crippen LogP contribution >= 0.6 is 12.2 Å². The lowest BCUT2D eigenvalue weighted by atomic mass is 10.2. The molecule has 0 unspecified atom stereocenters. The largest absolute Gasteiger partial charge is 0.299 e. The highest BCUT2D eigenvalue weighted by molar-refractivity contribution is 7.78. The smallest absolute Gasteiger partial charge is 0.142 e. The maximum absolute atomic E-state index is 10.1. The van der Waals surface area contributed by atoms with E-state index in [2.05, 4.69) is 22.4 Å². The average Bonchev–Trinajstić information content (AvgIpc) is 2.17. The number of aliphatic imine (C=N–C) groups is 1. The summed E-state index contributed by atoms with van der Waals surface area (Å²) in [7, 11) is 0. The molecule has 1 rings (SSSR count). The zero-order valence-corrected chi connectivity index (χ0v) is 7.62. The molecule has 1 aromatic rings. The Morgan fingerprint density at radius 3 is 2.85 bits per heavy atom. The molecule has 1 aromatic carbocycles. The SMILES string of the molecule is O=CC=Cc1ccccc1N=C=S. The Bertz CT molecular complexity index is 378. The fourth-order valence-corrected chi connectivity index (χ4v) is 1.02. The number of hydrogen-bond donors (Lipinski definition) is 0. The van der Waals surface area contributed by atoms with Crippen molar-refractivity contribution in [2.75, 3.05) is 0 Å². The van der Waals surface area contributed by atoms with Gasteiger partial charge >= 0.3 is 0 Å². The van der Waals surface area contributed by atoms with E-state index in [4.69, 9.17) is 0 Å². The highest BCUT2D eigenvalue weighted by Gasteiger charge is 1.93. The number of para-hydroxylation sites is 1. The molecule has 0 aliphatic rings. The summed E-state index contributed by atoms with van der Waals surface area (Å²) in [4.78, 5) is 14.0. The third kappa shape index (κ3) is 2.75. The number of nitrogens with zero attached hydrogens (tertiary/aromatic N) is 1. The molecule has 0 radical (unpaired) electrons. The van der Waals surface area contributed by atoms with Crippen molar-refractivity contribution in [3.63, 3.8) is 0 Å². The van der Waals surface area contributed by atoms with Crippen molar-refractivity contribution in [2.45, 2.75) is 0 Å². The fraction of sp³-hybridized carbons (Fsp3) is 0. The molecular weight excluding hydrogens is 182 g/mol. The van der Waals surface area contributed by atoms with Crippen molar-refractivity contribution in [3.05, 3.63) is 35.9 Å². The van der Waals surface area contributed by atoms with Crippen LogP contribution in [0.4, 0.5) is 5.69 Å². The number of isothiocyanates is 1. The summed E-state index contributed by atoms with van der Waals surface area (Å²) in [5.74, 6) is 0. The van der Waals surface area contributed by atoms with Gasteiger partial charge in [-0.2, -0.15) is 4.99 Å². The van der Waals surface area contributed by atoms with Crippen LogP contribution in [0, 0.1) is 0 Å². The van der Waals surface area contributed by atoms with Crippen molar-refractivity contribution >= 4 is 35.4 Å². The van der Waals surface area contributed by atoms with Gasteiger partial charge in [-0.05, 0) is 30.4 Å². The Morgan fingerprint density at radius 2 is 2.15 bits per heavy atom. The molecule has 0 N–H and O–H groups in total. The van der Waals surface area contributed by atoms with E-state index in [9.17, 15) is 4.79 Å². The van der Waals surface area contributed by atoms with Crippen LogP contribution in [0.1, 0.15) is 5.56 Å². The first-order valence-corrected chi connectivity index (χ1v) is 4.08. The molecule has 13 heavy (non-hydrogen) atoms. The normalized spacial score (nSPS) is 9.54. The Kier molecular flexibility index (Phi) is 3.76. The minimum Gasteiger partial charge on any atom is -0.299 e.